The van der Waals surface area contributed by atoms with Gasteiger partial charge in [-0.3, -0.25) is 4.79 Å². The highest BCUT2D eigenvalue weighted by Crippen LogP contribution is 2.22. The van der Waals surface area contributed by atoms with Gasteiger partial charge in [-0.1, -0.05) is 12.8 Å². The summed E-state index contributed by atoms with van der Waals surface area (Å²) in [6.07, 6.45) is 4.54. The van der Waals surface area contributed by atoms with Gasteiger partial charge < -0.3 is 15.3 Å². The van der Waals surface area contributed by atoms with Gasteiger partial charge in [0.05, 0.1) is 6.10 Å². The summed E-state index contributed by atoms with van der Waals surface area (Å²) in [6, 6.07) is 0.434. The molecular weight excluding hydrogens is 216 g/mol. The number of aliphatic hydroxyl groups excluding tert-OH is 1. The Morgan fingerprint density at radius 2 is 2.06 bits per heavy atom. The summed E-state index contributed by atoms with van der Waals surface area (Å²) in [7, 11) is 2.00. The van der Waals surface area contributed by atoms with E-state index in [0.717, 1.165) is 25.8 Å². The van der Waals surface area contributed by atoms with E-state index in [9.17, 15) is 9.90 Å². The van der Waals surface area contributed by atoms with E-state index in [4.69, 9.17) is 0 Å². The van der Waals surface area contributed by atoms with Gasteiger partial charge in [0.15, 0.2) is 0 Å². The van der Waals surface area contributed by atoms with Crippen LogP contribution in [0.15, 0.2) is 0 Å². The SMILES string of the molecule is CC(C)NC(=O)CCN(C)C1CCCCC1O. The first kappa shape index (κ1) is 14.5. The minimum Gasteiger partial charge on any atom is -0.391 e. The van der Waals surface area contributed by atoms with Crippen LogP contribution in [0.4, 0.5) is 0 Å². The van der Waals surface area contributed by atoms with Crippen molar-refractivity contribution in [3.8, 4) is 0 Å². The zero-order valence-corrected chi connectivity index (χ0v) is 11.3. The first-order valence-electron chi connectivity index (χ1n) is 6.68. The lowest BCUT2D eigenvalue weighted by Gasteiger charge is -2.35. The number of nitrogens with one attached hydrogen (secondary N) is 1. The summed E-state index contributed by atoms with van der Waals surface area (Å²) in [5, 5.41) is 12.8. The largest absolute Gasteiger partial charge is 0.391 e. The van der Waals surface area contributed by atoms with Gasteiger partial charge in [-0.25, -0.2) is 0 Å². The molecule has 1 aliphatic carbocycles. The molecular formula is C13H26N2O2. The van der Waals surface area contributed by atoms with Crippen molar-refractivity contribution < 1.29 is 9.90 Å². The van der Waals surface area contributed by atoms with Crippen LogP contribution in [-0.4, -0.2) is 47.7 Å². The maximum Gasteiger partial charge on any atom is 0.221 e. The molecule has 1 saturated carbocycles. The van der Waals surface area contributed by atoms with Crippen molar-refractivity contribution >= 4 is 5.91 Å². The number of hydrogen-bond acceptors (Lipinski definition) is 3. The molecule has 0 saturated heterocycles. The van der Waals surface area contributed by atoms with Crippen LogP contribution in [0.3, 0.4) is 0 Å². The maximum atomic E-state index is 11.5. The van der Waals surface area contributed by atoms with Gasteiger partial charge in [0, 0.05) is 25.0 Å². The van der Waals surface area contributed by atoms with Crippen LogP contribution in [0.2, 0.25) is 0 Å². The van der Waals surface area contributed by atoms with Crippen LogP contribution in [0.1, 0.15) is 46.0 Å². The van der Waals surface area contributed by atoms with Crippen LogP contribution in [0, 0.1) is 0 Å². The highest BCUT2D eigenvalue weighted by atomic mass is 16.3. The van der Waals surface area contributed by atoms with Gasteiger partial charge in [-0.2, -0.15) is 0 Å². The van der Waals surface area contributed by atoms with Gasteiger partial charge in [0.2, 0.25) is 5.91 Å². The highest BCUT2D eigenvalue weighted by molar-refractivity contribution is 5.76. The molecule has 0 heterocycles. The number of aliphatic hydroxyl groups is 1. The predicted molar refractivity (Wildman–Crippen MR) is 68.8 cm³/mol. The Labute approximate surface area is 104 Å². The molecule has 0 bridgehead atoms. The molecule has 4 heteroatoms. The Morgan fingerprint density at radius 1 is 1.41 bits per heavy atom. The maximum absolute atomic E-state index is 11.5. The third-order valence-electron chi connectivity index (χ3n) is 3.40. The Balaban J connectivity index is 2.28. The van der Waals surface area contributed by atoms with E-state index >= 15 is 0 Å². The van der Waals surface area contributed by atoms with Crippen molar-refractivity contribution in [3.63, 3.8) is 0 Å². The van der Waals surface area contributed by atoms with Gasteiger partial charge in [-0.05, 0) is 33.7 Å². The van der Waals surface area contributed by atoms with Crippen molar-refractivity contribution in [1.82, 2.24) is 10.2 Å². The number of nitrogens with zero attached hydrogens (tertiary/aromatic N) is 1. The topological polar surface area (TPSA) is 52.6 Å². The van der Waals surface area contributed by atoms with E-state index in [-0.39, 0.29) is 24.1 Å². The molecule has 0 aromatic carbocycles. The first-order chi connectivity index (χ1) is 8.00. The molecule has 0 spiro atoms. The van der Waals surface area contributed by atoms with E-state index in [1.807, 2.05) is 20.9 Å². The van der Waals surface area contributed by atoms with Crippen LogP contribution >= 0.6 is 0 Å². The second-order valence-electron chi connectivity index (χ2n) is 5.37. The second kappa shape index (κ2) is 6.97. The molecule has 1 fully saturated rings. The van der Waals surface area contributed by atoms with E-state index < -0.39 is 0 Å². The zero-order valence-electron chi connectivity index (χ0n) is 11.3. The van der Waals surface area contributed by atoms with Crippen molar-refractivity contribution in [2.45, 2.75) is 64.1 Å². The van der Waals surface area contributed by atoms with Crippen molar-refractivity contribution in [3.05, 3.63) is 0 Å². The Bertz CT molecular complexity index is 244. The second-order valence-corrected chi connectivity index (χ2v) is 5.37. The molecule has 0 radical (unpaired) electrons. The fourth-order valence-corrected chi connectivity index (χ4v) is 2.44. The summed E-state index contributed by atoms with van der Waals surface area (Å²) in [5.41, 5.74) is 0. The third kappa shape index (κ3) is 5.04. The smallest absolute Gasteiger partial charge is 0.221 e. The number of carbonyl (C=O) groups excluding carboxylic acids is 1. The fraction of sp³-hybridized carbons (Fsp3) is 0.923. The van der Waals surface area contributed by atoms with Crippen LogP contribution in [0.25, 0.3) is 0 Å². The number of amides is 1. The zero-order chi connectivity index (χ0) is 12.8. The normalized spacial score (nSPS) is 25.3. The van der Waals surface area contributed by atoms with Gasteiger partial charge in [0.25, 0.3) is 0 Å². The average molecular weight is 242 g/mol. The minimum atomic E-state index is -0.220. The lowest BCUT2D eigenvalue weighted by atomic mass is 9.91. The molecule has 2 atom stereocenters. The quantitative estimate of drug-likeness (QED) is 0.760. The van der Waals surface area contributed by atoms with Gasteiger partial charge >= 0.3 is 0 Å². The molecule has 0 aliphatic heterocycles. The van der Waals surface area contributed by atoms with Crippen LogP contribution < -0.4 is 5.32 Å². The summed E-state index contributed by atoms with van der Waals surface area (Å²) in [6.45, 7) is 4.65. The molecule has 0 aromatic rings. The molecule has 0 aromatic heterocycles. The lowest BCUT2D eigenvalue weighted by Crippen LogP contribution is -2.44. The molecule has 2 unspecified atom stereocenters. The molecule has 1 amide bonds. The predicted octanol–water partition coefficient (Wildman–Crippen LogP) is 1.14. The molecule has 4 nitrogen and oxygen atoms in total. The minimum absolute atomic E-state index is 0.0946. The Hall–Kier alpha value is -0.610. The van der Waals surface area contributed by atoms with Crippen molar-refractivity contribution in [1.29, 1.82) is 0 Å². The van der Waals surface area contributed by atoms with Crippen molar-refractivity contribution in [2.75, 3.05) is 13.6 Å². The fourth-order valence-electron chi connectivity index (χ4n) is 2.44. The van der Waals surface area contributed by atoms with E-state index in [0.29, 0.717) is 6.42 Å². The first-order valence-corrected chi connectivity index (χ1v) is 6.68. The molecule has 17 heavy (non-hydrogen) atoms. The van der Waals surface area contributed by atoms with E-state index in [2.05, 4.69) is 10.2 Å². The molecule has 2 N–H and O–H groups in total. The number of rotatable bonds is 5. The van der Waals surface area contributed by atoms with Gasteiger partial charge in [0.1, 0.15) is 0 Å². The highest BCUT2D eigenvalue weighted by Gasteiger charge is 2.26. The van der Waals surface area contributed by atoms with Gasteiger partial charge in [-0.15, -0.1) is 0 Å². The Morgan fingerprint density at radius 3 is 2.65 bits per heavy atom. The summed E-state index contributed by atoms with van der Waals surface area (Å²) >= 11 is 0. The van der Waals surface area contributed by atoms with Crippen LogP contribution in [-0.2, 0) is 4.79 Å². The standard InChI is InChI=1S/C13H26N2O2/c1-10(2)14-13(17)8-9-15(3)11-6-4-5-7-12(11)16/h10-12,16H,4-9H2,1-3H3,(H,14,17). The summed E-state index contributed by atoms with van der Waals surface area (Å²) in [5.74, 6) is 0.0946. The number of hydrogen-bond donors (Lipinski definition) is 2. The molecule has 1 rings (SSSR count). The van der Waals surface area contributed by atoms with Crippen molar-refractivity contribution in [2.24, 2.45) is 0 Å². The number of carbonyl (C=O) groups is 1. The lowest BCUT2D eigenvalue weighted by molar-refractivity contribution is -0.122. The molecule has 1 aliphatic rings. The monoisotopic (exact) mass is 242 g/mol. The molecule has 100 valence electrons. The van der Waals surface area contributed by atoms with E-state index in [1.54, 1.807) is 0 Å². The Kier molecular flexibility index (Phi) is 5.92. The third-order valence-corrected chi connectivity index (χ3v) is 3.40. The average Bonchev–Trinajstić information content (AvgIpc) is 2.25. The van der Waals surface area contributed by atoms with E-state index in [1.165, 1.54) is 6.42 Å². The summed E-state index contributed by atoms with van der Waals surface area (Å²) < 4.78 is 0. The number of likely N-dealkylation sites (N-methyl/N-ethyl adjacent to an activating group) is 1. The van der Waals surface area contributed by atoms with Crippen LogP contribution in [0.5, 0.6) is 0 Å². The summed E-state index contributed by atoms with van der Waals surface area (Å²) in [4.78, 5) is 13.7.